The van der Waals surface area contributed by atoms with Crippen LogP contribution in [0.1, 0.15) is 41.2 Å². The number of ether oxygens (including phenoxy) is 1. The number of amides is 1. The summed E-state index contributed by atoms with van der Waals surface area (Å²) < 4.78 is 5.90. The second kappa shape index (κ2) is 9.32. The number of hydrogen-bond acceptors (Lipinski definition) is 4. The van der Waals surface area contributed by atoms with Crippen LogP contribution in [0.3, 0.4) is 0 Å². The van der Waals surface area contributed by atoms with Gasteiger partial charge in [0.05, 0.1) is 11.7 Å². The van der Waals surface area contributed by atoms with Gasteiger partial charge in [-0.1, -0.05) is 24.3 Å². The van der Waals surface area contributed by atoms with E-state index >= 15 is 0 Å². The van der Waals surface area contributed by atoms with Gasteiger partial charge in [0.1, 0.15) is 11.6 Å². The standard InChI is InChI=1S/C26H28N4O3/c1-15-9-10-20(11-16(15)2)33-17(3)26(32)30-23(24-13-25(31)29-18(4)28-24)12-19-14-27-22-8-6-5-7-21(19)22/h5-11,13-14,17,23,27H,12H2,1-4H3,(H,30,32)(H,28,29,31)/t17-,23+/m1/s1. The molecular weight excluding hydrogens is 416 g/mol. The molecule has 170 valence electrons. The third kappa shape index (κ3) is 5.14. The Kier molecular flexibility index (Phi) is 6.31. The molecule has 0 aliphatic heterocycles. The van der Waals surface area contributed by atoms with Crippen molar-refractivity contribution >= 4 is 16.8 Å². The van der Waals surface area contributed by atoms with Gasteiger partial charge in [-0.2, -0.15) is 0 Å². The first-order valence-corrected chi connectivity index (χ1v) is 11.0. The maximum absolute atomic E-state index is 13.1. The molecule has 2 heterocycles. The predicted octanol–water partition coefficient (Wildman–Crippen LogP) is 4.04. The minimum absolute atomic E-state index is 0.255. The van der Waals surface area contributed by atoms with Gasteiger partial charge in [-0.25, -0.2) is 4.98 Å². The zero-order valence-corrected chi connectivity index (χ0v) is 19.2. The van der Waals surface area contributed by atoms with E-state index < -0.39 is 12.1 Å². The topological polar surface area (TPSA) is 99.9 Å². The Balaban J connectivity index is 1.59. The van der Waals surface area contributed by atoms with Crippen molar-refractivity contribution in [2.45, 2.75) is 46.3 Å². The maximum atomic E-state index is 13.1. The molecule has 0 aliphatic rings. The van der Waals surface area contributed by atoms with Crippen molar-refractivity contribution in [3.05, 3.63) is 93.3 Å². The van der Waals surface area contributed by atoms with E-state index in [4.69, 9.17) is 4.74 Å². The molecule has 0 saturated heterocycles. The van der Waals surface area contributed by atoms with Crippen LogP contribution in [0, 0.1) is 20.8 Å². The Bertz CT molecular complexity index is 1360. The van der Waals surface area contributed by atoms with Crippen LogP contribution in [-0.2, 0) is 11.2 Å². The number of nitrogens with zero attached hydrogens (tertiary/aromatic N) is 1. The Morgan fingerprint density at radius 2 is 1.88 bits per heavy atom. The van der Waals surface area contributed by atoms with Gasteiger partial charge in [0.25, 0.3) is 11.5 Å². The van der Waals surface area contributed by atoms with Gasteiger partial charge in [-0.15, -0.1) is 0 Å². The van der Waals surface area contributed by atoms with E-state index in [0.29, 0.717) is 23.7 Å². The molecule has 7 nitrogen and oxygen atoms in total. The number of para-hydroxylation sites is 1. The highest BCUT2D eigenvalue weighted by Gasteiger charge is 2.23. The molecule has 2 atom stereocenters. The molecule has 0 aliphatic carbocycles. The minimum atomic E-state index is -0.722. The average molecular weight is 445 g/mol. The van der Waals surface area contributed by atoms with Crippen LogP contribution in [0.5, 0.6) is 5.75 Å². The average Bonchev–Trinajstić information content (AvgIpc) is 3.18. The molecule has 33 heavy (non-hydrogen) atoms. The Labute approximate surface area is 192 Å². The fraction of sp³-hybridized carbons (Fsp3) is 0.269. The molecule has 2 aromatic carbocycles. The molecule has 0 saturated carbocycles. The summed E-state index contributed by atoms with van der Waals surface area (Å²) in [7, 11) is 0. The fourth-order valence-electron chi connectivity index (χ4n) is 3.86. The quantitative estimate of drug-likeness (QED) is 0.400. The number of aryl methyl sites for hydroxylation is 3. The smallest absolute Gasteiger partial charge is 0.261 e. The largest absolute Gasteiger partial charge is 0.481 e. The van der Waals surface area contributed by atoms with E-state index in [1.54, 1.807) is 13.8 Å². The SMILES string of the molecule is Cc1nc([C@H](Cc2c[nH]c3ccccc23)NC(=O)[C@@H](C)Oc2ccc(C)c(C)c2)cc(=O)[nH]1. The van der Waals surface area contributed by atoms with Crippen molar-refractivity contribution in [2.75, 3.05) is 0 Å². The van der Waals surface area contributed by atoms with Crippen LogP contribution in [0.2, 0.25) is 0 Å². The summed E-state index contributed by atoms with van der Waals surface area (Å²) in [6, 6.07) is 14.7. The normalized spacial score (nSPS) is 13.0. The number of benzene rings is 2. The highest BCUT2D eigenvalue weighted by atomic mass is 16.5. The second-order valence-electron chi connectivity index (χ2n) is 8.39. The van der Waals surface area contributed by atoms with Crippen molar-refractivity contribution < 1.29 is 9.53 Å². The summed E-state index contributed by atoms with van der Waals surface area (Å²) in [5.74, 6) is 0.854. The monoisotopic (exact) mass is 444 g/mol. The number of carbonyl (C=O) groups excluding carboxylic acids is 1. The first-order chi connectivity index (χ1) is 15.8. The van der Waals surface area contributed by atoms with E-state index in [2.05, 4.69) is 20.3 Å². The predicted molar refractivity (Wildman–Crippen MR) is 128 cm³/mol. The molecule has 0 unspecified atom stereocenters. The Morgan fingerprint density at radius 3 is 2.64 bits per heavy atom. The number of H-pyrrole nitrogens is 2. The summed E-state index contributed by atoms with van der Waals surface area (Å²) >= 11 is 0. The number of carbonyl (C=O) groups is 1. The van der Waals surface area contributed by atoms with Crippen LogP contribution >= 0.6 is 0 Å². The van der Waals surface area contributed by atoms with Crippen LogP contribution in [0.4, 0.5) is 0 Å². The Morgan fingerprint density at radius 1 is 1.09 bits per heavy atom. The molecular formula is C26H28N4O3. The molecule has 7 heteroatoms. The van der Waals surface area contributed by atoms with Crippen molar-refractivity contribution in [3.63, 3.8) is 0 Å². The first-order valence-electron chi connectivity index (χ1n) is 11.0. The zero-order valence-electron chi connectivity index (χ0n) is 19.2. The Hall–Kier alpha value is -3.87. The molecule has 1 amide bonds. The van der Waals surface area contributed by atoms with Crippen molar-refractivity contribution in [3.8, 4) is 5.75 Å². The van der Waals surface area contributed by atoms with Crippen LogP contribution < -0.4 is 15.6 Å². The number of nitrogens with one attached hydrogen (secondary N) is 3. The molecule has 0 fully saturated rings. The molecule has 0 bridgehead atoms. The van der Waals surface area contributed by atoms with E-state index in [0.717, 1.165) is 27.6 Å². The van der Waals surface area contributed by atoms with Gasteiger partial charge in [-0.3, -0.25) is 9.59 Å². The number of aromatic nitrogens is 3. The summed E-state index contributed by atoms with van der Waals surface area (Å²) in [6.07, 6.45) is 1.68. The maximum Gasteiger partial charge on any atom is 0.261 e. The first kappa shape index (κ1) is 22.3. The lowest BCUT2D eigenvalue weighted by Gasteiger charge is -2.22. The summed E-state index contributed by atoms with van der Waals surface area (Å²) in [6.45, 7) is 7.47. The van der Waals surface area contributed by atoms with Gasteiger partial charge < -0.3 is 20.0 Å². The number of rotatable bonds is 7. The van der Waals surface area contributed by atoms with Crippen LogP contribution in [-0.4, -0.2) is 27.0 Å². The molecule has 3 N–H and O–H groups in total. The number of fused-ring (bicyclic) bond motifs is 1. The zero-order chi connectivity index (χ0) is 23.5. The van der Waals surface area contributed by atoms with Crippen molar-refractivity contribution in [2.24, 2.45) is 0 Å². The van der Waals surface area contributed by atoms with E-state index in [1.165, 1.54) is 6.07 Å². The van der Waals surface area contributed by atoms with E-state index in [-0.39, 0.29) is 11.5 Å². The number of aromatic amines is 2. The minimum Gasteiger partial charge on any atom is -0.481 e. The lowest BCUT2D eigenvalue weighted by atomic mass is 10.0. The second-order valence-corrected chi connectivity index (χ2v) is 8.39. The number of hydrogen-bond donors (Lipinski definition) is 3. The summed E-state index contributed by atoms with van der Waals surface area (Å²) in [5, 5.41) is 4.11. The molecule has 4 aromatic rings. The van der Waals surface area contributed by atoms with Crippen LogP contribution in [0.15, 0.2) is 59.5 Å². The van der Waals surface area contributed by atoms with Crippen molar-refractivity contribution in [1.29, 1.82) is 0 Å². The molecule has 2 aromatic heterocycles. The highest BCUT2D eigenvalue weighted by Crippen LogP contribution is 2.24. The summed E-state index contributed by atoms with van der Waals surface area (Å²) in [5.41, 5.74) is 4.55. The van der Waals surface area contributed by atoms with E-state index in [9.17, 15) is 9.59 Å². The fourth-order valence-corrected chi connectivity index (χ4v) is 3.86. The van der Waals surface area contributed by atoms with Crippen molar-refractivity contribution in [1.82, 2.24) is 20.3 Å². The lowest BCUT2D eigenvalue weighted by Crippen LogP contribution is -2.40. The highest BCUT2D eigenvalue weighted by molar-refractivity contribution is 5.84. The van der Waals surface area contributed by atoms with Gasteiger partial charge >= 0.3 is 0 Å². The van der Waals surface area contributed by atoms with E-state index in [1.807, 2.05) is 62.5 Å². The van der Waals surface area contributed by atoms with Gasteiger partial charge in [0.2, 0.25) is 0 Å². The summed E-state index contributed by atoms with van der Waals surface area (Å²) in [4.78, 5) is 35.6. The van der Waals surface area contributed by atoms with Crippen LogP contribution in [0.25, 0.3) is 10.9 Å². The molecule has 0 spiro atoms. The van der Waals surface area contributed by atoms with Gasteiger partial charge in [-0.05, 0) is 62.6 Å². The molecule has 4 rings (SSSR count). The lowest BCUT2D eigenvalue weighted by molar-refractivity contribution is -0.128. The van der Waals surface area contributed by atoms with Gasteiger partial charge in [0.15, 0.2) is 6.10 Å². The third-order valence-electron chi connectivity index (χ3n) is 5.81. The molecule has 0 radical (unpaired) electrons. The third-order valence-corrected chi connectivity index (χ3v) is 5.81. The van der Waals surface area contributed by atoms with Gasteiger partial charge in [0, 0.05) is 29.6 Å².